The van der Waals surface area contributed by atoms with Crippen LogP contribution in [0.3, 0.4) is 0 Å². The molecule has 0 unspecified atom stereocenters. The molecule has 1 saturated heterocycles. The molecule has 0 aliphatic carbocycles. The number of carbonyl (C=O) groups is 1. The van der Waals surface area contributed by atoms with Crippen molar-refractivity contribution in [2.75, 3.05) is 13.1 Å². The van der Waals surface area contributed by atoms with Crippen molar-refractivity contribution in [2.45, 2.75) is 19.3 Å². The van der Waals surface area contributed by atoms with Crippen LogP contribution in [0.25, 0.3) is 5.69 Å². The van der Waals surface area contributed by atoms with Gasteiger partial charge in [-0.25, -0.2) is 0 Å². The lowest BCUT2D eigenvalue weighted by Gasteiger charge is -2.32. The molecule has 26 heavy (non-hydrogen) atoms. The summed E-state index contributed by atoms with van der Waals surface area (Å²) in [4.78, 5) is 19.2. The zero-order valence-electron chi connectivity index (χ0n) is 14.8. The molecular weight excluding hydrogens is 322 g/mol. The highest BCUT2D eigenvalue weighted by Gasteiger charge is 2.25. The quantitative estimate of drug-likeness (QED) is 0.718. The van der Waals surface area contributed by atoms with E-state index in [1.807, 2.05) is 39.9 Å². The fraction of sp³-hybridized carbons (Fsp3) is 0.273. The van der Waals surface area contributed by atoms with Crippen LogP contribution in [0.15, 0.2) is 73.2 Å². The van der Waals surface area contributed by atoms with Crippen LogP contribution in [-0.4, -0.2) is 33.4 Å². The lowest BCUT2D eigenvalue weighted by molar-refractivity contribution is 0.0682. The highest BCUT2D eigenvalue weighted by atomic mass is 16.2. The number of nitrogens with zero attached hydrogens (tertiary/aromatic N) is 3. The molecule has 1 fully saturated rings. The van der Waals surface area contributed by atoms with Crippen LogP contribution in [0, 0.1) is 5.92 Å². The molecule has 0 N–H and O–H groups in total. The normalized spacial score (nSPS) is 15.2. The first kappa shape index (κ1) is 16.6. The minimum absolute atomic E-state index is 0.108. The Morgan fingerprint density at radius 3 is 2.54 bits per heavy atom. The molecule has 4 nitrogen and oxygen atoms in total. The van der Waals surface area contributed by atoms with Crippen molar-refractivity contribution in [2.24, 2.45) is 5.92 Å². The first-order valence-electron chi connectivity index (χ1n) is 9.22. The number of pyridine rings is 1. The standard InChI is InChI=1S/C22H23N3O/c26-22(21-9-5-13-25(21)20-8-4-12-23-17-20)24-14-10-19(11-15-24)16-18-6-2-1-3-7-18/h1-9,12-13,17,19H,10-11,14-16H2. The molecule has 4 rings (SSSR count). The van der Waals surface area contributed by atoms with E-state index in [2.05, 4.69) is 35.3 Å². The second kappa shape index (κ2) is 7.56. The maximum Gasteiger partial charge on any atom is 0.270 e. The Morgan fingerprint density at radius 2 is 1.81 bits per heavy atom. The Kier molecular flexibility index (Phi) is 4.82. The second-order valence-electron chi connectivity index (χ2n) is 6.90. The maximum absolute atomic E-state index is 13.0. The maximum atomic E-state index is 13.0. The number of amides is 1. The summed E-state index contributed by atoms with van der Waals surface area (Å²) >= 11 is 0. The van der Waals surface area contributed by atoms with Crippen molar-refractivity contribution >= 4 is 5.91 Å². The van der Waals surface area contributed by atoms with Crippen molar-refractivity contribution in [3.8, 4) is 5.69 Å². The molecule has 0 saturated carbocycles. The number of likely N-dealkylation sites (tertiary alicyclic amines) is 1. The first-order chi connectivity index (χ1) is 12.8. The van der Waals surface area contributed by atoms with Crippen LogP contribution in [0.2, 0.25) is 0 Å². The smallest absolute Gasteiger partial charge is 0.270 e. The van der Waals surface area contributed by atoms with Crippen LogP contribution >= 0.6 is 0 Å². The average molecular weight is 345 g/mol. The van der Waals surface area contributed by atoms with E-state index in [9.17, 15) is 4.79 Å². The van der Waals surface area contributed by atoms with Crippen LogP contribution in [-0.2, 0) is 6.42 Å². The van der Waals surface area contributed by atoms with Gasteiger partial charge in [-0.1, -0.05) is 30.3 Å². The molecule has 132 valence electrons. The molecule has 1 aliphatic rings. The van der Waals surface area contributed by atoms with Crippen LogP contribution < -0.4 is 0 Å². The van der Waals surface area contributed by atoms with Gasteiger partial charge in [-0.3, -0.25) is 9.78 Å². The van der Waals surface area contributed by atoms with Crippen LogP contribution in [0.1, 0.15) is 28.9 Å². The number of carbonyl (C=O) groups excluding carboxylic acids is 1. The van der Waals surface area contributed by atoms with Crippen molar-refractivity contribution in [1.82, 2.24) is 14.5 Å². The minimum atomic E-state index is 0.108. The van der Waals surface area contributed by atoms with Crippen LogP contribution in [0.4, 0.5) is 0 Å². The molecule has 0 spiro atoms. The van der Waals surface area contributed by atoms with E-state index in [0.717, 1.165) is 38.0 Å². The van der Waals surface area contributed by atoms with Gasteiger partial charge in [0.2, 0.25) is 0 Å². The Labute approximate surface area is 154 Å². The first-order valence-corrected chi connectivity index (χ1v) is 9.22. The monoisotopic (exact) mass is 345 g/mol. The third kappa shape index (κ3) is 3.54. The van der Waals surface area contributed by atoms with Gasteiger partial charge in [-0.2, -0.15) is 0 Å². The summed E-state index contributed by atoms with van der Waals surface area (Å²) in [6, 6.07) is 18.3. The van der Waals surface area contributed by atoms with E-state index in [1.54, 1.807) is 12.4 Å². The Morgan fingerprint density at radius 1 is 1.00 bits per heavy atom. The van der Waals surface area contributed by atoms with Gasteiger partial charge in [0, 0.05) is 25.5 Å². The van der Waals surface area contributed by atoms with Gasteiger partial charge < -0.3 is 9.47 Å². The molecule has 3 heterocycles. The van der Waals surface area contributed by atoms with Crippen molar-refractivity contribution < 1.29 is 4.79 Å². The van der Waals surface area contributed by atoms with Gasteiger partial charge >= 0.3 is 0 Å². The zero-order chi connectivity index (χ0) is 17.8. The highest BCUT2D eigenvalue weighted by molar-refractivity contribution is 5.93. The number of piperidine rings is 1. The van der Waals surface area contributed by atoms with E-state index in [4.69, 9.17) is 0 Å². The molecule has 1 aromatic carbocycles. The van der Waals surface area contributed by atoms with Crippen LogP contribution in [0.5, 0.6) is 0 Å². The van der Waals surface area contributed by atoms with E-state index >= 15 is 0 Å². The third-order valence-electron chi connectivity index (χ3n) is 5.16. The summed E-state index contributed by atoms with van der Waals surface area (Å²) in [5, 5.41) is 0. The van der Waals surface area contributed by atoms with Crippen molar-refractivity contribution in [3.63, 3.8) is 0 Å². The Balaban J connectivity index is 1.41. The van der Waals surface area contributed by atoms with Gasteiger partial charge in [0.25, 0.3) is 5.91 Å². The van der Waals surface area contributed by atoms with Gasteiger partial charge in [0.05, 0.1) is 11.9 Å². The molecule has 2 aromatic heterocycles. The molecule has 1 aliphatic heterocycles. The molecular formula is C22H23N3O. The molecule has 1 amide bonds. The lowest BCUT2D eigenvalue weighted by Crippen LogP contribution is -2.39. The van der Waals surface area contributed by atoms with E-state index in [0.29, 0.717) is 11.6 Å². The molecule has 0 bridgehead atoms. The zero-order valence-corrected chi connectivity index (χ0v) is 14.8. The van der Waals surface area contributed by atoms with E-state index in [1.165, 1.54) is 5.56 Å². The number of benzene rings is 1. The molecule has 0 radical (unpaired) electrons. The Bertz CT molecular complexity index is 849. The van der Waals surface area contributed by atoms with Gasteiger partial charge in [0.1, 0.15) is 5.69 Å². The van der Waals surface area contributed by atoms with Gasteiger partial charge in [0.15, 0.2) is 0 Å². The van der Waals surface area contributed by atoms with Crippen molar-refractivity contribution in [1.29, 1.82) is 0 Å². The van der Waals surface area contributed by atoms with Gasteiger partial charge in [-0.05, 0) is 55.0 Å². The van der Waals surface area contributed by atoms with Crippen molar-refractivity contribution in [3.05, 3.63) is 84.4 Å². The van der Waals surface area contributed by atoms with E-state index < -0.39 is 0 Å². The lowest BCUT2D eigenvalue weighted by atomic mass is 9.90. The average Bonchev–Trinajstić information content (AvgIpc) is 3.19. The number of rotatable bonds is 4. The molecule has 0 atom stereocenters. The summed E-state index contributed by atoms with van der Waals surface area (Å²) in [5.74, 6) is 0.767. The SMILES string of the molecule is O=C(c1cccn1-c1cccnc1)N1CCC(Cc2ccccc2)CC1. The number of hydrogen-bond acceptors (Lipinski definition) is 2. The summed E-state index contributed by atoms with van der Waals surface area (Å²) in [6.45, 7) is 1.66. The minimum Gasteiger partial charge on any atom is -0.337 e. The molecule has 4 heteroatoms. The summed E-state index contributed by atoms with van der Waals surface area (Å²) in [5.41, 5.74) is 3.02. The second-order valence-corrected chi connectivity index (χ2v) is 6.90. The number of aromatic nitrogens is 2. The van der Waals surface area contributed by atoms with Gasteiger partial charge in [-0.15, -0.1) is 0 Å². The Hall–Kier alpha value is -2.88. The summed E-state index contributed by atoms with van der Waals surface area (Å²) in [7, 11) is 0. The topological polar surface area (TPSA) is 38.1 Å². The fourth-order valence-electron chi connectivity index (χ4n) is 3.73. The number of hydrogen-bond donors (Lipinski definition) is 0. The van der Waals surface area contributed by atoms with E-state index in [-0.39, 0.29) is 5.91 Å². The summed E-state index contributed by atoms with van der Waals surface area (Å²) < 4.78 is 1.92. The predicted molar refractivity (Wildman–Crippen MR) is 102 cm³/mol. The predicted octanol–water partition coefficient (Wildman–Crippen LogP) is 3.97. The summed E-state index contributed by atoms with van der Waals surface area (Å²) in [6.07, 6.45) is 8.68. The molecule has 3 aromatic rings. The highest BCUT2D eigenvalue weighted by Crippen LogP contribution is 2.23. The third-order valence-corrected chi connectivity index (χ3v) is 5.16. The fourth-order valence-corrected chi connectivity index (χ4v) is 3.73. The largest absolute Gasteiger partial charge is 0.337 e.